The van der Waals surface area contributed by atoms with Crippen molar-refractivity contribution in [2.45, 2.75) is 332 Å². The second-order valence-electron chi connectivity index (χ2n) is 30.0. The number of hydrogen-bond donors (Lipinski definition) is 0. The normalized spacial score (nSPS) is 10.5. The van der Waals surface area contributed by atoms with Crippen LogP contribution in [0.2, 0.25) is 0 Å². The zero-order valence-corrected chi connectivity index (χ0v) is 72.0. The van der Waals surface area contributed by atoms with Crippen molar-refractivity contribution >= 4 is 0 Å². The predicted molar refractivity (Wildman–Crippen MR) is 439 cm³/mol. The Labute approximate surface area is 595 Å². The minimum absolute atomic E-state index is 1.45. The molecule has 0 heterocycles. The predicted octanol–water partition coefficient (Wildman–Crippen LogP) is 28.3. The highest BCUT2D eigenvalue weighted by Crippen LogP contribution is 2.32. The van der Waals surface area contributed by atoms with Crippen LogP contribution in [0.15, 0.2) is 0 Å². The molecule has 0 spiro atoms. The fourth-order valence-electron chi connectivity index (χ4n) is 13.5. The monoisotopic (exact) mass is 1300 g/mol. The van der Waals surface area contributed by atoms with Crippen molar-refractivity contribution in [2.24, 2.45) is 0 Å². The molecule has 8 aromatic rings. The van der Waals surface area contributed by atoms with Crippen LogP contribution in [0.1, 0.15) is 267 Å². The van der Waals surface area contributed by atoms with E-state index < -0.39 is 0 Å². The SMILES string of the molecule is Cc1c(C)c(C)c(C)c(C)c1C.Cc1c(C)c(C)c(C)c(C)c1C.Cc1c(C)c(C)c(C)c(C)c1C.Cc1c(C)c(C)c(C)c(C)c1C.Cc1c(C)c(C)c(C)c(C)c1C.Cc1c(C)c(C)c(C)c(C)c1C.Cc1c(C)c(C)c(C)c(C)c1C.Cc1c(C)c(C)c(C)c(C)c1C. The molecule has 0 fully saturated rings. The summed E-state index contributed by atoms with van der Waals surface area (Å²) < 4.78 is 0. The molecule has 0 aliphatic rings. The van der Waals surface area contributed by atoms with Crippen molar-refractivity contribution in [3.63, 3.8) is 0 Å². The highest BCUT2D eigenvalue weighted by Gasteiger charge is 2.15. The van der Waals surface area contributed by atoms with E-state index >= 15 is 0 Å². The van der Waals surface area contributed by atoms with Gasteiger partial charge in [0.15, 0.2) is 0 Å². The Morgan fingerprint density at radius 3 is 0.0625 bits per heavy atom. The van der Waals surface area contributed by atoms with Gasteiger partial charge in [0.05, 0.1) is 0 Å². The van der Waals surface area contributed by atoms with E-state index in [0.717, 1.165) is 0 Å². The van der Waals surface area contributed by atoms with Gasteiger partial charge in [0.1, 0.15) is 0 Å². The minimum atomic E-state index is 1.45. The summed E-state index contributed by atoms with van der Waals surface area (Å²) in [5.41, 5.74) is 69.8. The summed E-state index contributed by atoms with van der Waals surface area (Å²) in [6, 6.07) is 0. The van der Waals surface area contributed by atoms with Crippen LogP contribution in [0.25, 0.3) is 0 Å². The van der Waals surface area contributed by atoms with Crippen LogP contribution in [0.3, 0.4) is 0 Å². The largest absolute Gasteiger partial charge is 0.0447 e. The first-order valence-corrected chi connectivity index (χ1v) is 36.0. The molecule has 528 valence electrons. The Hall–Kier alpha value is -6.24. The number of benzene rings is 8. The smallest absolute Gasteiger partial charge is 0.0392 e. The fraction of sp³-hybridized carbons (Fsp3) is 0.500. The highest BCUT2D eigenvalue weighted by molar-refractivity contribution is 5.55. The Morgan fingerprint density at radius 2 is 0.0521 bits per heavy atom. The lowest BCUT2D eigenvalue weighted by molar-refractivity contribution is 1.13. The van der Waals surface area contributed by atoms with Gasteiger partial charge in [-0.05, 0) is 599 Å². The van der Waals surface area contributed by atoms with Crippen molar-refractivity contribution < 1.29 is 0 Å². The molecular weight excluding hydrogens is 1150 g/mol. The quantitative estimate of drug-likeness (QED) is 0.142. The van der Waals surface area contributed by atoms with Crippen molar-refractivity contribution in [1.29, 1.82) is 0 Å². The summed E-state index contributed by atoms with van der Waals surface area (Å²) in [7, 11) is 0. The van der Waals surface area contributed by atoms with E-state index in [0.29, 0.717) is 0 Å². The molecule has 8 aromatic carbocycles. The molecule has 0 heteroatoms. The van der Waals surface area contributed by atoms with E-state index in [-0.39, 0.29) is 0 Å². The summed E-state index contributed by atoms with van der Waals surface area (Å²) in [6.07, 6.45) is 0. The first kappa shape index (κ1) is 87.8. The van der Waals surface area contributed by atoms with Crippen LogP contribution < -0.4 is 0 Å². The molecule has 0 aliphatic heterocycles. The van der Waals surface area contributed by atoms with Gasteiger partial charge in [0, 0.05) is 0 Å². The maximum Gasteiger partial charge on any atom is -0.0392 e. The highest BCUT2D eigenvalue weighted by atomic mass is 14.2. The third kappa shape index (κ3) is 19.1. The second kappa shape index (κ2) is 36.0. The maximum absolute atomic E-state index is 2.21. The average Bonchev–Trinajstić information content (AvgIpc) is 1.71. The molecule has 0 aliphatic carbocycles. The lowest BCUT2D eigenvalue weighted by Crippen LogP contribution is -1.98. The van der Waals surface area contributed by atoms with Crippen LogP contribution in [-0.2, 0) is 0 Å². The van der Waals surface area contributed by atoms with E-state index in [1.807, 2.05) is 0 Å². The van der Waals surface area contributed by atoms with Gasteiger partial charge in [-0.1, -0.05) is 0 Å². The van der Waals surface area contributed by atoms with E-state index in [2.05, 4.69) is 332 Å². The molecule has 0 bridgehead atoms. The standard InChI is InChI=1S/8C12H18/c8*1-7-8(2)10(4)12(6)11(5)9(7)3/h8*1-6H3. The van der Waals surface area contributed by atoms with Crippen LogP contribution in [0.5, 0.6) is 0 Å². The van der Waals surface area contributed by atoms with Gasteiger partial charge in [-0.25, -0.2) is 0 Å². The molecule has 0 nitrogen and oxygen atoms in total. The molecule has 0 saturated heterocycles. The molecule has 96 heavy (non-hydrogen) atoms. The Balaban J connectivity index is 0.000000549. The lowest BCUT2D eigenvalue weighted by atomic mass is 9.90. The first-order chi connectivity index (χ1) is 43.7. The minimum Gasteiger partial charge on any atom is -0.0447 e. The molecule has 0 aromatic heterocycles. The van der Waals surface area contributed by atoms with Gasteiger partial charge < -0.3 is 0 Å². The van der Waals surface area contributed by atoms with Crippen LogP contribution in [0.4, 0.5) is 0 Å². The van der Waals surface area contributed by atoms with Crippen molar-refractivity contribution in [3.8, 4) is 0 Å². The second-order valence-corrected chi connectivity index (χ2v) is 30.0. The summed E-state index contributed by atoms with van der Waals surface area (Å²) >= 11 is 0. The van der Waals surface area contributed by atoms with Crippen molar-refractivity contribution in [1.82, 2.24) is 0 Å². The van der Waals surface area contributed by atoms with E-state index in [9.17, 15) is 0 Å². The van der Waals surface area contributed by atoms with Crippen LogP contribution in [0, 0.1) is 332 Å². The van der Waals surface area contributed by atoms with Gasteiger partial charge in [0.2, 0.25) is 0 Å². The van der Waals surface area contributed by atoms with Gasteiger partial charge in [-0.2, -0.15) is 0 Å². The van der Waals surface area contributed by atoms with Gasteiger partial charge in [0.25, 0.3) is 0 Å². The molecule has 0 saturated carbocycles. The Kier molecular flexibility index (Phi) is 32.9. The average molecular weight is 1300 g/mol. The molecule has 0 unspecified atom stereocenters. The van der Waals surface area contributed by atoms with E-state index in [1.54, 1.807) is 0 Å². The Morgan fingerprint density at radius 1 is 0.0417 bits per heavy atom. The van der Waals surface area contributed by atoms with E-state index in [1.165, 1.54) is 267 Å². The topological polar surface area (TPSA) is 0 Å². The van der Waals surface area contributed by atoms with Gasteiger partial charge in [-0.15, -0.1) is 0 Å². The molecule has 0 radical (unpaired) electrons. The van der Waals surface area contributed by atoms with Crippen molar-refractivity contribution in [2.75, 3.05) is 0 Å². The molecule has 0 atom stereocenters. The molecule has 8 rings (SSSR count). The maximum atomic E-state index is 2.21. The number of rotatable bonds is 0. The number of hydrogen-bond acceptors (Lipinski definition) is 0. The third-order valence-electron chi connectivity index (χ3n) is 27.0. The van der Waals surface area contributed by atoms with Gasteiger partial charge >= 0.3 is 0 Å². The molecule has 0 amide bonds. The summed E-state index contributed by atoms with van der Waals surface area (Å²) in [4.78, 5) is 0. The Bertz CT molecular complexity index is 2520. The molecule has 0 N–H and O–H groups in total. The summed E-state index contributed by atoms with van der Waals surface area (Å²) in [5.74, 6) is 0. The summed E-state index contributed by atoms with van der Waals surface area (Å²) in [6.45, 7) is 106. The van der Waals surface area contributed by atoms with Crippen molar-refractivity contribution in [3.05, 3.63) is 267 Å². The van der Waals surface area contributed by atoms with Gasteiger partial charge in [-0.3, -0.25) is 0 Å². The zero-order chi connectivity index (χ0) is 75.7. The van der Waals surface area contributed by atoms with Crippen LogP contribution in [-0.4, -0.2) is 0 Å². The summed E-state index contributed by atoms with van der Waals surface area (Å²) in [5, 5.41) is 0. The van der Waals surface area contributed by atoms with E-state index in [4.69, 9.17) is 0 Å². The fourth-order valence-corrected chi connectivity index (χ4v) is 13.5. The van der Waals surface area contributed by atoms with Crippen LogP contribution >= 0.6 is 0 Å². The third-order valence-corrected chi connectivity index (χ3v) is 27.0. The zero-order valence-electron chi connectivity index (χ0n) is 72.0. The molecular formula is C96H144. The first-order valence-electron chi connectivity index (χ1n) is 36.0. The lowest BCUT2D eigenvalue weighted by Gasteiger charge is -2.15.